The van der Waals surface area contributed by atoms with Crippen molar-refractivity contribution in [1.29, 1.82) is 0 Å². The number of ketones is 1. The number of methoxy groups -OCH3 is 2. The van der Waals surface area contributed by atoms with Gasteiger partial charge in [-0.3, -0.25) is 4.79 Å². The van der Waals surface area contributed by atoms with Crippen LogP contribution in [0.3, 0.4) is 0 Å². The second-order valence-electron chi connectivity index (χ2n) is 5.07. The molecular weight excluding hydrogens is 216 g/mol. The average molecular weight is 236 g/mol. The van der Waals surface area contributed by atoms with E-state index in [0.717, 1.165) is 5.75 Å². The number of ether oxygens (including phenoxy) is 2. The fourth-order valence-corrected chi connectivity index (χ4v) is 1.76. The Bertz CT molecular complexity index is 373. The lowest BCUT2D eigenvalue weighted by atomic mass is 9.84. The van der Waals surface area contributed by atoms with E-state index in [1.807, 2.05) is 20.8 Å². The van der Waals surface area contributed by atoms with Crippen LogP contribution in [0.2, 0.25) is 0 Å². The zero-order valence-electron chi connectivity index (χ0n) is 11.1. The van der Waals surface area contributed by atoms with Crippen LogP contribution >= 0.6 is 0 Å². The normalized spacial score (nSPS) is 13.2. The molecule has 1 unspecified atom stereocenters. The van der Waals surface area contributed by atoms with Crippen LogP contribution in [0.1, 0.15) is 31.1 Å². The summed E-state index contributed by atoms with van der Waals surface area (Å²) >= 11 is 0. The molecule has 0 saturated carbocycles. The molecule has 0 aliphatic carbocycles. The number of Topliss-reactive ketones (excluding diaryl/α,β-unsaturated/α-hetero) is 1. The lowest BCUT2D eigenvalue weighted by Crippen LogP contribution is -2.36. The first-order valence-electron chi connectivity index (χ1n) is 5.61. The van der Waals surface area contributed by atoms with Gasteiger partial charge in [0.25, 0.3) is 0 Å². The molecule has 94 valence electrons. The molecule has 3 nitrogen and oxygen atoms in total. The minimum Gasteiger partial charge on any atom is -0.497 e. The topological polar surface area (TPSA) is 35.5 Å². The second-order valence-corrected chi connectivity index (χ2v) is 5.07. The van der Waals surface area contributed by atoms with Crippen LogP contribution in [0.15, 0.2) is 24.3 Å². The third-order valence-electron chi connectivity index (χ3n) is 2.63. The summed E-state index contributed by atoms with van der Waals surface area (Å²) in [5, 5.41) is 0. The lowest BCUT2D eigenvalue weighted by molar-refractivity contribution is 0.0196. The third kappa shape index (κ3) is 3.30. The minimum absolute atomic E-state index is 0.00246. The molecule has 0 aliphatic rings. The minimum atomic E-state index is -0.434. The van der Waals surface area contributed by atoms with Crippen molar-refractivity contribution in [1.82, 2.24) is 0 Å². The van der Waals surface area contributed by atoms with Gasteiger partial charge >= 0.3 is 0 Å². The van der Waals surface area contributed by atoms with E-state index in [1.165, 1.54) is 0 Å². The predicted molar refractivity (Wildman–Crippen MR) is 67.6 cm³/mol. The van der Waals surface area contributed by atoms with Crippen molar-refractivity contribution in [2.45, 2.75) is 26.9 Å². The molecule has 0 aliphatic heterocycles. The van der Waals surface area contributed by atoms with Crippen molar-refractivity contribution in [3.8, 4) is 5.75 Å². The van der Waals surface area contributed by atoms with Crippen molar-refractivity contribution in [2.24, 2.45) is 5.41 Å². The van der Waals surface area contributed by atoms with Crippen molar-refractivity contribution in [3.05, 3.63) is 29.8 Å². The van der Waals surface area contributed by atoms with E-state index < -0.39 is 6.10 Å². The summed E-state index contributed by atoms with van der Waals surface area (Å²) in [6.07, 6.45) is -0.434. The van der Waals surface area contributed by atoms with Gasteiger partial charge in [-0.15, -0.1) is 0 Å². The van der Waals surface area contributed by atoms with E-state index in [1.54, 1.807) is 38.5 Å². The lowest BCUT2D eigenvalue weighted by Gasteiger charge is -2.28. The van der Waals surface area contributed by atoms with Crippen molar-refractivity contribution in [3.63, 3.8) is 0 Å². The summed E-state index contributed by atoms with van der Waals surface area (Å²) in [4.78, 5) is 12.3. The van der Waals surface area contributed by atoms with Gasteiger partial charge in [-0.05, 0) is 29.7 Å². The molecule has 0 radical (unpaired) electrons. The second kappa shape index (κ2) is 5.32. The Labute approximate surface area is 103 Å². The zero-order valence-corrected chi connectivity index (χ0v) is 11.1. The quantitative estimate of drug-likeness (QED) is 0.754. The Balaban J connectivity index is 2.94. The van der Waals surface area contributed by atoms with Gasteiger partial charge in [0.05, 0.1) is 7.11 Å². The molecule has 1 aromatic rings. The van der Waals surface area contributed by atoms with Gasteiger partial charge in [0.15, 0.2) is 5.78 Å². The molecule has 0 amide bonds. The number of hydrogen-bond acceptors (Lipinski definition) is 3. The van der Waals surface area contributed by atoms with Crippen LogP contribution in [0.4, 0.5) is 0 Å². The summed E-state index contributed by atoms with van der Waals surface area (Å²) in [7, 11) is 3.17. The summed E-state index contributed by atoms with van der Waals surface area (Å²) < 4.78 is 10.4. The molecular formula is C14H20O3. The Morgan fingerprint density at radius 3 is 2.00 bits per heavy atom. The smallest absolute Gasteiger partial charge is 0.192 e. The van der Waals surface area contributed by atoms with Crippen molar-refractivity contribution >= 4 is 5.78 Å². The summed E-state index contributed by atoms with van der Waals surface area (Å²) in [6.45, 7) is 5.97. The first kappa shape index (κ1) is 13.7. The number of hydrogen-bond donors (Lipinski definition) is 0. The number of carbonyl (C=O) groups is 1. The molecule has 0 fully saturated rings. The fourth-order valence-electron chi connectivity index (χ4n) is 1.76. The SMILES string of the molecule is COc1ccc(C(=O)C(OC)C(C)(C)C)cc1. The van der Waals surface area contributed by atoms with Crippen LogP contribution in [0.5, 0.6) is 5.75 Å². The molecule has 17 heavy (non-hydrogen) atoms. The highest BCUT2D eigenvalue weighted by molar-refractivity contribution is 6.00. The van der Waals surface area contributed by atoms with E-state index in [2.05, 4.69) is 0 Å². The average Bonchev–Trinajstić information content (AvgIpc) is 2.28. The van der Waals surface area contributed by atoms with Gasteiger partial charge in [0.1, 0.15) is 11.9 Å². The Kier molecular flexibility index (Phi) is 4.29. The maximum atomic E-state index is 12.3. The molecule has 0 heterocycles. The number of rotatable bonds is 4. The van der Waals surface area contributed by atoms with E-state index in [9.17, 15) is 4.79 Å². The predicted octanol–water partition coefficient (Wildman–Crippen LogP) is 2.94. The van der Waals surface area contributed by atoms with Gasteiger partial charge < -0.3 is 9.47 Å². The fraction of sp³-hybridized carbons (Fsp3) is 0.500. The Morgan fingerprint density at radius 1 is 1.12 bits per heavy atom. The molecule has 1 atom stereocenters. The highest BCUT2D eigenvalue weighted by atomic mass is 16.5. The number of carbonyl (C=O) groups excluding carboxylic acids is 1. The highest BCUT2D eigenvalue weighted by Crippen LogP contribution is 2.25. The summed E-state index contributed by atoms with van der Waals surface area (Å²) in [6, 6.07) is 7.09. The van der Waals surface area contributed by atoms with E-state index in [4.69, 9.17) is 9.47 Å². The summed E-state index contributed by atoms with van der Waals surface area (Å²) in [5.41, 5.74) is 0.429. The first-order valence-corrected chi connectivity index (χ1v) is 5.61. The van der Waals surface area contributed by atoms with Gasteiger partial charge in [0, 0.05) is 12.7 Å². The molecule has 0 bridgehead atoms. The zero-order chi connectivity index (χ0) is 13.1. The molecule has 0 spiro atoms. The van der Waals surface area contributed by atoms with Gasteiger partial charge in [-0.2, -0.15) is 0 Å². The highest BCUT2D eigenvalue weighted by Gasteiger charge is 2.31. The first-order chi connectivity index (χ1) is 7.90. The third-order valence-corrected chi connectivity index (χ3v) is 2.63. The molecule has 1 rings (SSSR count). The van der Waals surface area contributed by atoms with Crippen LogP contribution in [-0.2, 0) is 4.74 Å². The molecule has 3 heteroatoms. The molecule has 0 saturated heterocycles. The van der Waals surface area contributed by atoms with Gasteiger partial charge in [-0.1, -0.05) is 20.8 Å². The Morgan fingerprint density at radius 2 is 1.65 bits per heavy atom. The monoisotopic (exact) mass is 236 g/mol. The van der Waals surface area contributed by atoms with E-state index >= 15 is 0 Å². The maximum absolute atomic E-state index is 12.3. The number of benzene rings is 1. The molecule has 1 aromatic carbocycles. The van der Waals surface area contributed by atoms with Crippen molar-refractivity contribution in [2.75, 3.05) is 14.2 Å². The van der Waals surface area contributed by atoms with E-state index in [-0.39, 0.29) is 11.2 Å². The standard InChI is InChI=1S/C14H20O3/c1-14(2,3)13(17-5)12(15)10-6-8-11(16-4)9-7-10/h6-9,13H,1-5H3. The van der Waals surface area contributed by atoms with Gasteiger partial charge in [0.2, 0.25) is 0 Å². The van der Waals surface area contributed by atoms with E-state index in [0.29, 0.717) is 5.56 Å². The van der Waals surface area contributed by atoms with Crippen LogP contribution in [0, 0.1) is 5.41 Å². The summed E-state index contributed by atoms with van der Waals surface area (Å²) in [5.74, 6) is 0.744. The molecule has 0 aromatic heterocycles. The Hall–Kier alpha value is -1.35. The van der Waals surface area contributed by atoms with Crippen molar-refractivity contribution < 1.29 is 14.3 Å². The maximum Gasteiger partial charge on any atom is 0.192 e. The van der Waals surface area contributed by atoms with Crippen LogP contribution in [-0.4, -0.2) is 26.1 Å². The van der Waals surface area contributed by atoms with Crippen LogP contribution < -0.4 is 4.74 Å². The van der Waals surface area contributed by atoms with Crippen LogP contribution in [0.25, 0.3) is 0 Å². The molecule has 0 N–H and O–H groups in total. The van der Waals surface area contributed by atoms with Gasteiger partial charge in [-0.25, -0.2) is 0 Å². The largest absolute Gasteiger partial charge is 0.497 e.